The van der Waals surface area contributed by atoms with E-state index in [4.69, 9.17) is 16.2 Å². The van der Waals surface area contributed by atoms with Gasteiger partial charge in [-0.05, 0) is 54.7 Å². The van der Waals surface area contributed by atoms with Crippen molar-refractivity contribution in [3.05, 3.63) is 70.2 Å². The number of nitrogen functional groups attached to an aromatic ring is 1. The second-order valence-corrected chi connectivity index (χ2v) is 9.28. The quantitative estimate of drug-likeness (QED) is 0.331. The molecule has 0 aliphatic heterocycles. The lowest BCUT2D eigenvalue weighted by Crippen LogP contribution is -2.45. The molecule has 0 unspecified atom stereocenters. The van der Waals surface area contributed by atoms with E-state index in [-0.39, 0.29) is 29.4 Å². The van der Waals surface area contributed by atoms with Crippen LogP contribution in [0.5, 0.6) is 0 Å². The Balaban J connectivity index is 2.18. The van der Waals surface area contributed by atoms with Crippen LogP contribution in [0.15, 0.2) is 48.5 Å². The maximum Gasteiger partial charge on any atom is 0.325 e. The molecule has 0 saturated heterocycles. The Morgan fingerprint density at radius 3 is 2.29 bits per heavy atom. The molecule has 0 radical (unpaired) electrons. The van der Waals surface area contributed by atoms with Gasteiger partial charge in [-0.2, -0.15) is 4.37 Å². The fourth-order valence-electron chi connectivity index (χ4n) is 3.78. The lowest BCUT2D eigenvalue weighted by molar-refractivity contribution is -0.143. The van der Waals surface area contributed by atoms with Crippen LogP contribution in [0.25, 0.3) is 0 Å². The zero-order valence-electron chi connectivity index (χ0n) is 21.6. The number of aryl methyl sites for hydroxylation is 1. The molecule has 0 aliphatic rings. The number of esters is 1. The van der Waals surface area contributed by atoms with Crippen molar-refractivity contribution in [3.63, 3.8) is 0 Å². The van der Waals surface area contributed by atoms with Gasteiger partial charge in [-0.1, -0.05) is 30.3 Å². The molecule has 12 heteroatoms. The van der Waals surface area contributed by atoms with E-state index in [1.807, 2.05) is 31.1 Å². The lowest BCUT2D eigenvalue weighted by Gasteiger charge is -2.32. The average molecular weight is 539 g/mol. The molecule has 5 N–H and O–H groups in total. The van der Waals surface area contributed by atoms with Crippen LogP contribution in [0.1, 0.15) is 44.3 Å². The Kier molecular flexibility index (Phi) is 9.02. The molecule has 1 atom stereocenters. The molecule has 1 heterocycles. The molecule has 3 rings (SSSR count). The van der Waals surface area contributed by atoms with Crippen LogP contribution in [0.4, 0.5) is 17.1 Å². The van der Waals surface area contributed by atoms with Gasteiger partial charge in [-0.25, -0.2) is 0 Å². The van der Waals surface area contributed by atoms with Gasteiger partial charge in [-0.3, -0.25) is 24.1 Å². The number of nitrogens with two attached hydrogens (primary N) is 2. The number of amides is 3. The fourth-order valence-corrected chi connectivity index (χ4v) is 4.52. The summed E-state index contributed by atoms with van der Waals surface area (Å²) in [7, 11) is 3.76. The number of carbonyl (C=O) groups is 4. The predicted molar refractivity (Wildman–Crippen MR) is 146 cm³/mol. The molecule has 0 spiro atoms. The Morgan fingerprint density at radius 1 is 1.08 bits per heavy atom. The number of para-hydroxylation sites is 1. The molecule has 3 amide bonds. The first-order chi connectivity index (χ1) is 18.1. The van der Waals surface area contributed by atoms with Crippen molar-refractivity contribution in [1.29, 1.82) is 0 Å². The van der Waals surface area contributed by atoms with E-state index in [1.165, 1.54) is 4.90 Å². The summed E-state index contributed by atoms with van der Waals surface area (Å²) in [6.07, 6.45) is 0. The van der Waals surface area contributed by atoms with Gasteiger partial charge >= 0.3 is 5.97 Å². The first-order valence-electron chi connectivity index (χ1n) is 11.7. The molecule has 2 aromatic carbocycles. The van der Waals surface area contributed by atoms with Crippen LogP contribution < -0.4 is 26.6 Å². The Bertz CT molecular complexity index is 1340. The molecule has 0 fully saturated rings. The standard InChI is InChI=1S/C26H30N6O5S/c1-5-37-19(33)14-29-25(35)22(16-10-12-17(13-11-16)31(3)4)32(18-9-7-6-8-15(18)2)26(36)23-20(27)21(24(28)34)30-38-23/h6-13,22H,5,14,27H2,1-4H3,(H2,28,34)(H,29,35)/t22-/m0/s1. The van der Waals surface area contributed by atoms with Gasteiger partial charge in [0, 0.05) is 25.5 Å². The lowest BCUT2D eigenvalue weighted by atomic mass is 10.0. The van der Waals surface area contributed by atoms with Gasteiger partial charge in [0.1, 0.15) is 17.5 Å². The van der Waals surface area contributed by atoms with Crippen LogP contribution in [-0.2, 0) is 14.3 Å². The van der Waals surface area contributed by atoms with Crippen molar-refractivity contribution in [2.24, 2.45) is 5.73 Å². The normalized spacial score (nSPS) is 11.4. The molecular weight excluding hydrogens is 508 g/mol. The van der Waals surface area contributed by atoms with E-state index in [2.05, 4.69) is 9.69 Å². The minimum atomic E-state index is -1.22. The predicted octanol–water partition coefficient (Wildman–Crippen LogP) is 2.27. The molecule has 0 bridgehead atoms. The molecule has 3 aromatic rings. The smallest absolute Gasteiger partial charge is 0.325 e. The van der Waals surface area contributed by atoms with Crippen molar-refractivity contribution >= 4 is 52.3 Å². The van der Waals surface area contributed by atoms with Crippen molar-refractivity contribution in [1.82, 2.24) is 9.69 Å². The van der Waals surface area contributed by atoms with Crippen molar-refractivity contribution in [3.8, 4) is 0 Å². The number of ether oxygens (including phenoxy) is 1. The molecule has 1 aromatic heterocycles. The summed E-state index contributed by atoms with van der Waals surface area (Å²) in [5.41, 5.74) is 13.6. The highest BCUT2D eigenvalue weighted by Crippen LogP contribution is 2.35. The van der Waals surface area contributed by atoms with Crippen LogP contribution in [0.2, 0.25) is 0 Å². The number of nitrogens with one attached hydrogen (secondary N) is 1. The third-order valence-electron chi connectivity index (χ3n) is 5.69. The molecule has 0 aliphatic carbocycles. The largest absolute Gasteiger partial charge is 0.465 e. The van der Waals surface area contributed by atoms with E-state index in [0.717, 1.165) is 17.2 Å². The van der Waals surface area contributed by atoms with Crippen LogP contribution in [0, 0.1) is 6.92 Å². The SMILES string of the molecule is CCOC(=O)CNC(=O)[C@H](c1ccc(N(C)C)cc1)N(C(=O)c1snc(C(N)=O)c1N)c1ccccc1C. The van der Waals surface area contributed by atoms with Gasteiger partial charge in [0.15, 0.2) is 5.69 Å². The van der Waals surface area contributed by atoms with Gasteiger partial charge in [-0.15, -0.1) is 0 Å². The molecular formula is C26H30N6O5S. The fraction of sp³-hybridized carbons (Fsp3) is 0.269. The van der Waals surface area contributed by atoms with Gasteiger partial charge in [0.05, 0.1) is 12.3 Å². The number of carbonyl (C=O) groups excluding carboxylic acids is 4. The van der Waals surface area contributed by atoms with Gasteiger partial charge in [0.2, 0.25) is 5.91 Å². The Hall–Kier alpha value is -4.45. The topological polar surface area (TPSA) is 161 Å². The van der Waals surface area contributed by atoms with Gasteiger partial charge in [0.25, 0.3) is 11.8 Å². The first kappa shape index (κ1) is 28.1. The maximum atomic E-state index is 14.1. The molecule has 0 saturated carbocycles. The first-order valence-corrected chi connectivity index (χ1v) is 12.5. The summed E-state index contributed by atoms with van der Waals surface area (Å²) >= 11 is 0.717. The zero-order valence-corrected chi connectivity index (χ0v) is 22.4. The summed E-state index contributed by atoms with van der Waals surface area (Å²) in [5.74, 6) is -2.77. The summed E-state index contributed by atoms with van der Waals surface area (Å²) in [6.45, 7) is 3.23. The van der Waals surface area contributed by atoms with E-state index in [9.17, 15) is 19.2 Å². The van der Waals surface area contributed by atoms with E-state index in [1.54, 1.807) is 50.2 Å². The number of nitrogens with zero attached hydrogens (tertiary/aromatic N) is 3. The number of anilines is 3. The summed E-state index contributed by atoms with van der Waals surface area (Å²) < 4.78 is 8.89. The Morgan fingerprint density at radius 2 is 1.74 bits per heavy atom. The molecule has 200 valence electrons. The third kappa shape index (κ3) is 6.09. The third-order valence-corrected chi connectivity index (χ3v) is 6.54. The van der Waals surface area contributed by atoms with Crippen molar-refractivity contribution in [2.75, 3.05) is 42.8 Å². The molecule has 11 nitrogen and oxygen atoms in total. The van der Waals surface area contributed by atoms with Crippen LogP contribution in [-0.4, -0.2) is 55.3 Å². The highest BCUT2D eigenvalue weighted by Gasteiger charge is 2.36. The summed E-state index contributed by atoms with van der Waals surface area (Å²) in [6, 6.07) is 12.9. The van der Waals surface area contributed by atoms with E-state index >= 15 is 0 Å². The summed E-state index contributed by atoms with van der Waals surface area (Å²) in [4.78, 5) is 54.7. The summed E-state index contributed by atoms with van der Waals surface area (Å²) in [5, 5.41) is 2.58. The highest BCUT2D eigenvalue weighted by atomic mass is 32.1. The van der Waals surface area contributed by atoms with Crippen LogP contribution >= 0.6 is 11.5 Å². The number of benzene rings is 2. The van der Waals surface area contributed by atoms with Crippen molar-refractivity contribution in [2.45, 2.75) is 19.9 Å². The second-order valence-electron chi connectivity index (χ2n) is 8.51. The zero-order chi connectivity index (χ0) is 28.0. The van der Waals surface area contributed by atoms with Gasteiger partial charge < -0.3 is 26.4 Å². The molecule has 38 heavy (non-hydrogen) atoms. The minimum Gasteiger partial charge on any atom is -0.465 e. The van der Waals surface area contributed by atoms with E-state index < -0.39 is 29.7 Å². The second kappa shape index (κ2) is 12.2. The average Bonchev–Trinajstić information content (AvgIpc) is 3.28. The van der Waals surface area contributed by atoms with E-state index in [0.29, 0.717) is 16.8 Å². The number of aromatic nitrogens is 1. The number of rotatable bonds is 10. The van der Waals surface area contributed by atoms with Crippen LogP contribution in [0.3, 0.4) is 0 Å². The number of hydrogen-bond donors (Lipinski definition) is 3. The monoisotopic (exact) mass is 538 g/mol. The number of primary amides is 1. The highest BCUT2D eigenvalue weighted by molar-refractivity contribution is 7.09. The number of hydrogen-bond acceptors (Lipinski definition) is 9. The Labute approximate surface area is 224 Å². The maximum absolute atomic E-state index is 14.1. The minimum absolute atomic E-state index is 0.0462. The van der Waals surface area contributed by atoms with Crippen molar-refractivity contribution < 1.29 is 23.9 Å².